The Morgan fingerprint density at radius 3 is 2.61 bits per heavy atom. The van der Waals surface area contributed by atoms with Gasteiger partial charge in [0, 0.05) is 24.6 Å². The van der Waals surface area contributed by atoms with E-state index in [-0.39, 0.29) is 0 Å². The molecule has 0 aliphatic heterocycles. The van der Waals surface area contributed by atoms with Gasteiger partial charge < -0.3 is 11.1 Å². The van der Waals surface area contributed by atoms with Crippen LogP contribution in [0.4, 0.5) is 11.5 Å². The van der Waals surface area contributed by atoms with Gasteiger partial charge in [0.15, 0.2) is 11.5 Å². The van der Waals surface area contributed by atoms with E-state index in [1.807, 2.05) is 30.3 Å². The van der Waals surface area contributed by atoms with Crippen molar-refractivity contribution in [2.45, 2.75) is 6.42 Å². The van der Waals surface area contributed by atoms with Crippen molar-refractivity contribution in [3.8, 4) is 6.07 Å². The molecule has 3 N–H and O–H groups in total. The minimum absolute atomic E-state index is 0.315. The SMILES string of the molecule is N#Cc1nccnc1NCCc1ccc(N)cc1. The lowest BCUT2D eigenvalue weighted by atomic mass is 10.1. The van der Waals surface area contributed by atoms with Gasteiger partial charge in [0.2, 0.25) is 0 Å². The molecule has 0 aliphatic rings. The van der Waals surface area contributed by atoms with Gasteiger partial charge in [-0.15, -0.1) is 0 Å². The monoisotopic (exact) mass is 239 g/mol. The van der Waals surface area contributed by atoms with Gasteiger partial charge in [0.05, 0.1) is 0 Å². The van der Waals surface area contributed by atoms with Crippen LogP contribution in [0, 0.1) is 11.3 Å². The molecule has 0 bridgehead atoms. The predicted octanol–water partition coefficient (Wildman–Crippen LogP) is 1.59. The summed E-state index contributed by atoms with van der Waals surface area (Å²) >= 11 is 0. The predicted molar refractivity (Wildman–Crippen MR) is 69.8 cm³/mol. The summed E-state index contributed by atoms with van der Waals surface area (Å²) in [4.78, 5) is 8.01. The maximum atomic E-state index is 8.86. The molecule has 0 saturated carbocycles. The number of hydrogen-bond donors (Lipinski definition) is 2. The fraction of sp³-hybridized carbons (Fsp3) is 0.154. The first kappa shape index (κ1) is 11.9. The number of aromatic nitrogens is 2. The lowest BCUT2D eigenvalue weighted by Gasteiger charge is -2.06. The van der Waals surface area contributed by atoms with Gasteiger partial charge >= 0.3 is 0 Å². The Hall–Kier alpha value is -2.61. The molecule has 1 aromatic carbocycles. The number of hydrogen-bond acceptors (Lipinski definition) is 5. The molecule has 2 aromatic rings. The smallest absolute Gasteiger partial charge is 0.182 e. The van der Waals surface area contributed by atoms with Crippen LogP contribution in [-0.4, -0.2) is 16.5 Å². The highest BCUT2D eigenvalue weighted by Crippen LogP contribution is 2.08. The first-order chi connectivity index (χ1) is 8.79. The van der Waals surface area contributed by atoms with E-state index in [2.05, 4.69) is 15.3 Å². The molecule has 1 aromatic heterocycles. The Morgan fingerprint density at radius 2 is 1.89 bits per heavy atom. The van der Waals surface area contributed by atoms with Crippen molar-refractivity contribution in [3.05, 3.63) is 47.9 Å². The van der Waals surface area contributed by atoms with E-state index in [9.17, 15) is 0 Å². The summed E-state index contributed by atoms with van der Waals surface area (Å²) in [6.07, 6.45) is 3.90. The highest BCUT2D eigenvalue weighted by Gasteiger charge is 2.02. The Morgan fingerprint density at radius 1 is 1.17 bits per heavy atom. The van der Waals surface area contributed by atoms with Crippen molar-refractivity contribution in [3.63, 3.8) is 0 Å². The molecule has 18 heavy (non-hydrogen) atoms. The molecule has 90 valence electrons. The molecule has 0 fully saturated rings. The van der Waals surface area contributed by atoms with Crippen LogP contribution in [0.1, 0.15) is 11.3 Å². The second-order valence-corrected chi connectivity index (χ2v) is 3.78. The number of nitrogens with two attached hydrogens (primary N) is 1. The molecule has 0 atom stereocenters. The second kappa shape index (κ2) is 5.64. The number of nitrogens with one attached hydrogen (secondary N) is 1. The average Bonchev–Trinajstić information content (AvgIpc) is 2.41. The Balaban J connectivity index is 1.93. The molecule has 0 amide bonds. The standard InChI is InChI=1S/C13H13N5/c14-9-12-13(18-8-7-16-12)17-6-5-10-1-3-11(15)4-2-10/h1-4,7-8H,5-6,15H2,(H,17,18). The van der Waals surface area contributed by atoms with Crippen molar-refractivity contribution in [2.75, 3.05) is 17.6 Å². The zero-order chi connectivity index (χ0) is 12.8. The number of nitriles is 1. The summed E-state index contributed by atoms with van der Waals surface area (Å²) in [7, 11) is 0. The van der Waals surface area contributed by atoms with Crippen molar-refractivity contribution >= 4 is 11.5 Å². The van der Waals surface area contributed by atoms with E-state index in [4.69, 9.17) is 11.0 Å². The molecule has 0 unspecified atom stereocenters. The molecule has 1 heterocycles. The third kappa shape index (κ3) is 2.95. The number of benzene rings is 1. The maximum Gasteiger partial charge on any atom is 0.182 e. The van der Waals surface area contributed by atoms with Crippen LogP contribution in [-0.2, 0) is 6.42 Å². The molecule has 2 rings (SSSR count). The van der Waals surface area contributed by atoms with E-state index >= 15 is 0 Å². The van der Waals surface area contributed by atoms with E-state index < -0.39 is 0 Å². The zero-order valence-electron chi connectivity index (χ0n) is 9.80. The van der Waals surface area contributed by atoms with E-state index in [0.29, 0.717) is 18.1 Å². The first-order valence-electron chi connectivity index (χ1n) is 5.59. The molecule has 0 radical (unpaired) electrons. The van der Waals surface area contributed by atoms with Crippen molar-refractivity contribution < 1.29 is 0 Å². The zero-order valence-corrected chi connectivity index (χ0v) is 9.80. The summed E-state index contributed by atoms with van der Waals surface area (Å²) in [5.74, 6) is 0.524. The minimum Gasteiger partial charge on any atom is -0.399 e. The summed E-state index contributed by atoms with van der Waals surface area (Å²) in [5, 5.41) is 12.0. The molecule has 0 aliphatic carbocycles. The summed E-state index contributed by atoms with van der Waals surface area (Å²) in [6.45, 7) is 0.692. The van der Waals surface area contributed by atoms with E-state index in [1.54, 1.807) is 6.20 Å². The van der Waals surface area contributed by atoms with Gasteiger partial charge in [-0.05, 0) is 24.1 Å². The lowest BCUT2D eigenvalue weighted by Crippen LogP contribution is -2.08. The Kier molecular flexibility index (Phi) is 3.72. The van der Waals surface area contributed by atoms with Crippen LogP contribution in [0.2, 0.25) is 0 Å². The Bertz CT molecular complexity index is 556. The Labute approximate surface area is 105 Å². The molecule has 0 saturated heterocycles. The third-order valence-corrected chi connectivity index (χ3v) is 2.49. The number of rotatable bonds is 4. The first-order valence-corrected chi connectivity index (χ1v) is 5.59. The number of nitrogen functional groups attached to an aromatic ring is 1. The summed E-state index contributed by atoms with van der Waals surface area (Å²) in [6, 6.07) is 9.72. The summed E-state index contributed by atoms with van der Waals surface area (Å²) in [5.41, 5.74) is 7.87. The van der Waals surface area contributed by atoms with Crippen molar-refractivity contribution in [1.29, 1.82) is 5.26 Å². The lowest BCUT2D eigenvalue weighted by molar-refractivity contribution is 0.995. The fourth-order valence-electron chi connectivity index (χ4n) is 1.56. The van der Waals surface area contributed by atoms with Crippen LogP contribution in [0.15, 0.2) is 36.7 Å². The molecule has 0 spiro atoms. The largest absolute Gasteiger partial charge is 0.399 e. The molecular formula is C13H13N5. The maximum absolute atomic E-state index is 8.86. The van der Waals surface area contributed by atoms with Crippen molar-refractivity contribution in [1.82, 2.24) is 9.97 Å². The summed E-state index contributed by atoms with van der Waals surface area (Å²) < 4.78 is 0. The van der Waals surface area contributed by atoms with Crippen LogP contribution in [0.3, 0.4) is 0 Å². The quantitative estimate of drug-likeness (QED) is 0.791. The van der Waals surface area contributed by atoms with Gasteiger partial charge in [-0.2, -0.15) is 5.26 Å². The third-order valence-electron chi connectivity index (χ3n) is 2.49. The average molecular weight is 239 g/mol. The molecule has 5 nitrogen and oxygen atoms in total. The number of anilines is 2. The van der Waals surface area contributed by atoms with E-state index in [1.165, 1.54) is 11.8 Å². The second-order valence-electron chi connectivity index (χ2n) is 3.78. The minimum atomic E-state index is 0.315. The molecular weight excluding hydrogens is 226 g/mol. The highest BCUT2D eigenvalue weighted by atomic mass is 15.0. The van der Waals surface area contributed by atoms with Gasteiger partial charge in [-0.3, -0.25) is 0 Å². The van der Waals surface area contributed by atoms with Crippen LogP contribution in [0.5, 0.6) is 0 Å². The number of nitrogens with zero attached hydrogens (tertiary/aromatic N) is 3. The van der Waals surface area contributed by atoms with Gasteiger partial charge in [0.25, 0.3) is 0 Å². The van der Waals surface area contributed by atoms with Gasteiger partial charge in [-0.1, -0.05) is 12.1 Å². The van der Waals surface area contributed by atoms with Crippen LogP contribution < -0.4 is 11.1 Å². The topological polar surface area (TPSA) is 87.6 Å². The van der Waals surface area contributed by atoms with Crippen LogP contribution >= 0.6 is 0 Å². The van der Waals surface area contributed by atoms with Crippen molar-refractivity contribution in [2.24, 2.45) is 0 Å². The van der Waals surface area contributed by atoms with Gasteiger partial charge in [-0.25, -0.2) is 9.97 Å². The normalized spacial score (nSPS) is 9.72. The van der Waals surface area contributed by atoms with Gasteiger partial charge in [0.1, 0.15) is 6.07 Å². The molecule has 5 heteroatoms. The fourth-order valence-corrected chi connectivity index (χ4v) is 1.56. The van der Waals surface area contributed by atoms with Crippen LogP contribution in [0.25, 0.3) is 0 Å². The van der Waals surface area contributed by atoms with E-state index in [0.717, 1.165) is 12.1 Å². The highest BCUT2D eigenvalue weighted by molar-refractivity contribution is 5.46.